The van der Waals surface area contributed by atoms with E-state index in [9.17, 15) is 13.2 Å². The predicted octanol–water partition coefficient (Wildman–Crippen LogP) is 0.734. The molecule has 0 aliphatic carbocycles. The third kappa shape index (κ3) is 6.88. The van der Waals surface area contributed by atoms with E-state index in [1.165, 1.54) is 0 Å². The van der Waals surface area contributed by atoms with Gasteiger partial charge in [0.1, 0.15) is 0 Å². The first-order valence-electron chi connectivity index (χ1n) is 6.17. The largest absolute Gasteiger partial charge is 0.355 e. The lowest BCUT2D eigenvalue weighted by molar-refractivity contribution is -0.124. The molecular formula is C13H21ClN2O3S. The van der Waals surface area contributed by atoms with Crippen molar-refractivity contribution in [3.05, 3.63) is 35.9 Å². The van der Waals surface area contributed by atoms with Gasteiger partial charge in [0.15, 0.2) is 9.84 Å². The summed E-state index contributed by atoms with van der Waals surface area (Å²) >= 11 is 0. The maximum absolute atomic E-state index is 11.8. The van der Waals surface area contributed by atoms with Gasteiger partial charge in [-0.1, -0.05) is 37.3 Å². The zero-order valence-corrected chi connectivity index (χ0v) is 13.0. The number of rotatable bonds is 7. The van der Waals surface area contributed by atoms with Crippen LogP contribution < -0.4 is 11.1 Å². The van der Waals surface area contributed by atoms with Crippen molar-refractivity contribution in [2.45, 2.75) is 12.7 Å². The molecule has 3 N–H and O–H groups in total. The Balaban J connectivity index is 0.00000361. The van der Waals surface area contributed by atoms with E-state index >= 15 is 0 Å². The highest BCUT2D eigenvalue weighted by Crippen LogP contribution is 2.05. The van der Waals surface area contributed by atoms with Crippen LogP contribution >= 0.6 is 12.4 Å². The Morgan fingerprint density at radius 3 is 2.45 bits per heavy atom. The third-order valence-electron chi connectivity index (χ3n) is 2.74. The summed E-state index contributed by atoms with van der Waals surface area (Å²) in [5.41, 5.74) is 6.11. The SMILES string of the molecule is CC(CN)C(=O)NCCS(=O)(=O)Cc1ccccc1.Cl. The van der Waals surface area contributed by atoms with Crippen LogP contribution in [0.4, 0.5) is 0 Å². The molecule has 0 saturated carbocycles. The van der Waals surface area contributed by atoms with Gasteiger partial charge in [0, 0.05) is 19.0 Å². The molecule has 0 aliphatic rings. The van der Waals surface area contributed by atoms with Crippen LogP contribution in [0.15, 0.2) is 30.3 Å². The Labute approximate surface area is 126 Å². The molecule has 0 aliphatic heterocycles. The average molecular weight is 321 g/mol. The van der Waals surface area contributed by atoms with E-state index in [1.807, 2.05) is 6.07 Å². The molecule has 0 bridgehead atoms. The normalized spacial score (nSPS) is 12.3. The van der Waals surface area contributed by atoms with Gasteiger partial charge in [0.2, 0.25) is 5.91 Å². The maximum atomic E-state index is 11.8. The van der Waals surface area contributed by atoms with E-state index in [0.717, 1.165) is 5.56 Å². The molecule has 0 heterocycles. The van der Waals surface area contributed by atoms with Gasteiger partial charge in [-0.2, -0.15) is 0 Å². The molecule has 1 amide bonds. The highest BCUT2D eigenvalue weighted by Gasteiger charge is 2.14. The minimum Gasteiger partial charge on any atom is -0.355 e. The Kier molecular flexibility index (Phi) is 8.45. The number of amides is 1. The van der Waals surface area contributed by atoms with Crippen LogP contribution in [0.25, 0.3) is 0 Å². The van der Waals surface area contributed by atoms with Crippen molar-refractivity contribution in [2.24, 2.45) is 11.7 Å². The molecule has 1 atom stereocenters. The van der Waals surface area contributed by atoms with Crippen molar-refractivity contribution < 1.29 is 13.2 Å². The van der Waals surface area contributed by atoms with Crippen molar-refractivity contribution in [3.8, 4) is 0 Å². The second-order valence-electron chi connectivity index (χ2n) is 4.51. The standard InChI is InChI=1S/C13H20N2O3S.ClH/c1-11(9-14)13(16)15-7-8-19(17,18)10-12-5-3-2-4-6-12;/h2-6,11H,7-10,14H2,1H3,(H,15,16);1H. The molecule has 0 fully saturated rings. The van der Waals surface area contributed by atoms with Gasteiger partial charge in [-0.3, -0.25) is 4.79 Å². The van der Waals surface area contributed by atoms with Crippen LogP contribution in [0.1, 0.15) is 12.5 Å². The molecule has 0 radical (unpaired) electrons. The third-order valence-corrected chi connectivity index (χ3v) is 4.34. The molecule has 1 unspecified atom stereocenters. The topological polar surface area (TPSA) is 89.3 Å². The Morgan fingerprint density at radius 1 is 1.30 bits per heavy atom. The van der Waals surface area contributed by atoms with Gasteiger partial charge < -0.3 is 11.1 Å². The van der Waals surface area contributed by atoms with Crippen LogP contribution in [-0.2, 0) is 20.4 Å². The zero-order chi connectivity index (χ0) is 14.3. The second kappa shape index (κ2) is 8.94. The molecular weight excluding hydrogens is 300 g/mol. The molecule has 0 saturated heterocycles. The van der Waals surface area contributed by atoms with E-state index in [2.05, 4.69) is 5.32 Å². The number of sulfone groups is 1. The lowest BCUT2D eigenvalue weighted by atomic mass is 10.2. The fraction of sp³-hybridized carbons (Fsp3) is 0.462. The van der Waals surface area contributed by atoms with Crippen LogP contribution in [-0.4, -0.2) is 33.2 Å². The quantitative estimate of drug-likeness (QED) is 0.775. The predicted molar refractivity (Wildman–Crippen MR) is 82.4 cm³/mol. The molecule has 114 valence electrons. The Hall–Kier alpha value is -1.11. The fourth-order valence-corrected chi connectivity index (χ4v) is 2.77. The molecule has 1 aromatic rings. The zero-order valence-electron chi connectivity index (χ0n) is 11.4. The summed E-state index contributed by atoms with van der Waals surface area (Å²) in [6, 6.07) is 8.98. The summed E-state index contributed by atoms with van der Waals surface area (Å²) in [6.07, 6.45) is 0. The van der Waals surface area contributed by atoms with E-state index in [1.54, 1.807) is 31.2 Å². The van der Waals surface area contributed by atoms with Gasteiger partial charge in [-0.05, 0) is 5.56 Å². The molecule has 20 heavy (non-hydrogen) atoms. The summed E-state index contributed by atoms with van der Waals surface area (Å²) in [6.45, 7) is 2.08. The van der Waals surface area contributed by atoms with Crippen molar-refractivity contribution >= 4 is 28.2 Å². The van der Waals surface area contributed by atoms with Gasteiger partial charge in [0.05, 0.1) is 11.5 Å². The van der Waals surface area contributed by atoms with E-state index < -0.39 is 9.84 Å². The Morgan fingerprint density at radius 2 is 1.90 bits per heavy atom. The van der Waals surface area contributed by atoms with Gasteiger partial charge in [-0.15, -0.1) is 12.4 Å². The number of nitrogens with two attached hydrogens (primary N) is 1. The van der Waals surface area contributed by atoms with E-state index in [4.69, 9.17) is 5.73 Å². The number of halogens is 1. The van der Waals surface area contributed by atoms with E-state index in [-0.39, 0.29) is 48.8 Å². The van der Waals surface area contributed by atoms with Crippen LogP contribution in [0, 0.1) is 5.92 Å². The van der Waals surface area contributed by atoms with E-state index in [0.29, 0.717) is 0 Å². The highest BCUT2D eigenvalue weighted by molar-refractivity contribution is 7.90. The maximum Gasteiger partial charge on any atom is 0.224 e. The number of benzene rings is 1. The number of carbonyl (C=O) groups is 1. The van der Waals surface area contributed by atoms with Crippen molar-refractivity contribution in [3.63, 3.8) is 0 Å². The first-order valence-corrected chi connectivity index (χ1v) is 7.99. The van der Waals surface area contributed by atoms with Crippen molar-refractivity contribution in [2.75, 3.05) is 18.8 Å². The number of hydrogen-bond acceptors (Lipinski definition) is 4. The first kappa shape index (κ1) is 18.9. The van der Waals surface area contributed by atoms with Crippen LogP contribution in [0.2, 0.25) is 0 Å². The summed E-state index contributed by atoms with van der Waals surface area (Å²) < 4.78 is 23.7. The monoisotopic (exact) mass is 320 g/mol. The lowest BCUT2D eigenvalue weighted by Crippen LogP contribution is -2.36. The van der Waals surface area contributed by atoms with Gasteiger partial charge >= 0.3 is 0 Å². The number of nitrogens with one attached hydrogen (secondary N) is 1. The molecule has 0 aromatic heterocycles. The number of carbonyl (C=O) groups excluding carboxylic acids is 1. The summed E-state index contributed by atoms with van der Waals surface area (Å²) in [5, 5.41) is 2.58. The minimum absolute atomic E-state index is 0. The minimum atomic E-state index is -3.21. The van der Waals surface area contributed by atoms with Crippen molar-refractivity contribution in [1.82, 2.24) is 5.32 Å². The smallest absolute Gasteiger partial charge is 0.224 e. The number of hydrogen-bond donors (Lipinski definition) is 2. The molecule has 1 aromatic carbocycles. The van der Waals surface area contributed by atoms with Crippen molar-refractivity contribution in [1.29, 1.82) is 0 Å². The van der Waals surface area contributed by atoms with Crippen LogP contribution in [0.5, 0.6) is 0 Å². The molecule has 0 spiro atoms. The lowest BCUT2D eigenvalue weighted by Gasteiger charge is -2.10. The highest BCUT2D eigenvalue weighted by atomic mass is 35.5. The second-order valence-corrected chi connectivity index (χ2v) is 6.69. The van der Waals surface area contributed by atoms with Gasteiger partial charge in [-0.25, -0.2) is 8.42 Å². The van der Waals surface area contributed by atoms with Gasteiger partial charge in [0.25, 0.3) is 0 Å². The summed E-state index contributed by atoms with van der Waals surface area (Å²) in [5.74, 6) is -0.574. The first-order chi connectivity index (χ1) is 8.94. The van der Waals surface area contributed by atoms with Crippen LogP contribution in [0.3, 0.4) is 0 Å². The summed E-state index contributed by atoms with van der Waals surface area (Å²) in [7, 11) is -3.21. The fourth-order valence-electron chi connectivity index (χ4n) is 1.51. The molecule has 7 heteroatoms. The summed E-state index contributed by atoms with van der Waals surface area (Å²) in [4.78, 5) is 11.4. The Bertz CT molecular complexity index is 506. The molecule has 5 nitrogen and oxygen atoms in total. The molecule has 1 rings (SSSR count). The average Bonchev–Trinajstić information content (AvgIpc) is 2.38.